The number of nitrogens with zero attached hydrogens (tertiary/aromatic N) is 1. The molecule has 1 aromatic heterocycles. The highest BCUT2D eigenvalue weighted by molar-refractivity contribution is 6.33. The summed E-state index contributed by atoms with van der Waals surface area (Å²) in [4.78, 5) is 11.0. The summed E-state index contributed by atoms with van der Waals surface area (Å²) < 4.78 is 2.06. The highest BCUT2D eigenvalue weighted by Crippen LogP contribution is 2.32. The van der Waals surface area contributed by atoms with Crippen molar-refractivity contribution in [1.82, 2.24) is 4.57 Å². The van der Waals surface area contributed by atoms with Gasteiger partial charge in [-0.15, -0.1) is 0 Å². The van der Waals surface area contributed by atoms with E-state index in [0.29, 0.717) is 5.15 Å². The zero-order valence-corrected chi connectivity index (χ0v) is 12.4. The van der Waals surface area contributed by atoms with Gasteiger partial charge in [0.2, 0.25) is 0 Å². The second-order valence-electron chi connectivity index (χ2n) is 4.86. The average Bonchev–Trinajstić information content (AvgIpc) is 2.69. The Bertz CT molecular complexity index is 670. The molecular formula is C16H18ClNO2. The zero-order chi connectivity index (χ0) is 14.7. The minimum atomic E-state index is -0.925. The topological polar surface area (TPSA) is 42.2 Å². The van der Waals surface area contributed by atoms with Gasteiger partial charge in [0.15, 0.2) is 0 Å². The molecule has 2 aromatic rings. The van der Waals surface area contributed by atoms with Crippen LogP contribution in [0.1, 0.15) is 32.3 Å². The van der Waals surface area contributed by atoms with Gasteiger partial charge in [-0.1, -0.05) is 43.1 Å². The first-order chi connectivity index (χ1) is 9.56. The molecule has 0 saturated heterocycles. The molecule has 106 valence electrons. The third-order valence-electron chi connectivity index (χ3n) is 3.38. The number of unbranched alkanes of at least 4 members (excludes halogenated alkanes) is 1. The number of rotatable bonds is 5. The number of benzene rings is 1. The molecule has 0 unspecified atom stereocenters. The standard InChI is InChI=1S/C16H18ClNO2/c1-3-4-9-18-14-8-6-5-7-12(14)13(15(18)17)10-11(2)16(19)20/h5-8,10H,3-4,9H2,1-2H3,(H,19,20)/b11-10+. The minimum absolute atomic E-state index is 0.283. The van der Waals surface area contributed by atoms with Crippen LogP contribution < -0.4 is 0 Å². The highest BCUT2D eigenvalue weighted by atomic mass is 35.5. The molecule has 0 aliphatic heterocycles. The molecule has 20 heavy (non-hydrogen) atoms. The van der Waals surface area contributed by atoms with Crippen molar-refractivity contribution in [2.24, 2.45) is 0 Å². The average molecular weight is 292 g/mol. The fourth-order valence-corrected chi connectivity index (χ4v) is 2.58. The Morgan fingerprint density at radius 3 is 2.75 bits per heavy atom. The quantitative estimate of drug-likeness (QED) is 0.819. The second kappa shape index (κ2) is 6.14. The van der Waals surface area contributed by atoms with E-state index >= 15 is 0 Å². The van der Waals surface area contributed by atoms with Crippen molar-refractivity contribution in [3.63, 3.8) is 0 Å². The van der Waals surface area contributed by atoms with Crippen LogP contribution in [0.5, 0.6) is 0 Å². The molecule has 2 rings (SSSR count). The van der Waals surface area contributed by atoms with E-state index in [1.165, 1.54) is 0 Å². The van der Waals surface area contributed by atoms with Crippen molar-refractivity contribution in [3.05, 3.63) is 40.6 Å². The number of fused-ring (bicyclic) bond motifs is 1. The predicted octanol–water partition coefficient (Wildman–Crippen LogP) is 4.58. The molecule has 0 atom stereocenters. The fourth-order valence-electron chi connectivity index (χ4n) is 2.25. The number of hydrogen-bond donors (Lipinski definition) is 1. The normalized spacial score (nSPS) is 12.1. The van der Waals surface area contributed by atoms with Gasteiger partial charge in [0.25, 0.3) is 0 Å². The van der Waals surface area contributed by atoms with Gasteiger partial charge < -0.3 is 9.67 Å². The van der Waals surface area contributed by atoms with Gasteiger partial charge >= 0.3 is 5.97 Å². The number of carboxylic acid groups (broad SMARTS) is 1. The van der Waals surface area contributed by atoms with E-state index in [9.17, 15) is 4.79 Å². The minimum Gasteiger partial charge on any atom is -0.478 e. The highest BCUT2D eigenvalue weighted by Gasteiger charge is 2.14. The summed E-state index contributed by atoms with van der Waals surface area (Å²) in [5.41, 5.74) is 2.12. The predicted molar refractivity (Wildman–Crippen MR) is 83.1 cm³/mol. The van der Waals surface area contributed by atoms with E-state index in [0.717, 1.165) is 35.9 Å². The molecular weight excluding hydrogens is 274 g/mol. The maximum Gasteiger partial charge on any atom is 0.331 e. The van der Waals surface area contributed by atoms with Gasteiger partial charge in [-0.05, 0) is 25.5 Å². The first-order valence-electron chi connectivity index (χ1n) is 6.74. The maximum atomic E-state index is 11.0. The van der Waals surface area contributed by atoms with Crippen molar-refractivity contribution in [3.8, 4) is 0 Å². The summed E-state index contributed by atoms with van der Waals surface area (Å²) in [6.45, 7) is 4.56. The van der Waals surface area contributed by atoms with Crippen LogP contribution >= 0.6 is 11.6 Å². The third kappa shape index (κ3) is 2.73. The molecule has 0 radical (unpaired) electrons. The number of aromatic nitrogens is 1. The van der Waals surface area contributed by atoms with Gasteiger partial charge in [-0.3, -0.25) is 0 Å². The Labute approximate surface area is 123 Å². The van der Waals surface area contributed by atoms with Gasteiger partial charge in [-0.25, -0.2) is 4.79 Å². The lowest BCUT2D eigenvalue weighted by atomic mass is 10.1. The molecule has 0 aliphatic carbocycles. The number of carbonyl (C=O) groups is 1. The van der Waals surface area contributed by atoms with Crippen molar-refractivity contribution in [1.29, 1.82) is 0 Å². The summed E-state index contributed by atoms with van der Waals surface area (Å²) >= 11 is 6.46. The maximum absolute atomic E-state index is 11.0. The smallest absolute Gasteiger partial charge is 0.331 e. The van der Waals surface area contributed by atoms with Crippen LogP contribution in [0.25, 0.3) is 17.0 Å². The van der Waals surface area contributed by atoms with Gasteiger partial charge in [0, 0.05) is 28.6 Å². The van der Waals surface area contributed by atoms with E-state index in [4.69, 9.17) is 16.7 Å². The van der Waals surface area contributed by atoms with Crippen LogP contribution in [0.15, 0.2) is 29.8 Å². The molecule has 0 aliphatic rings. The fraction of sp³-hybridized carbons (Fsp3) is 0.312. The summed E-state index contributed by atoms with van der Waals surface area (Å²) in [6.07, 6.45) is 3.77. The lowest BCUT2D eigenvalue weighted by Crippen LogP contribution is -1.98. The van der Waals surface area contributed by atoms with Crippen LogP contribution in [0.3, 0.4) is 0 Å². The Hall–Kier alpha value is -1.74. The Morgan fingerprint density at radius 2 is 2.10 bits per heavy atom. The van der Waals surface area contributed by atoms with Crippen LogP contribution in [0, 0.1) is 0 Å². The van der Waals surface area contributed by atoms with Crippen LogP contribution in [-0.4, -0.2) is 15.6 Å². The van der Waals surface area contributed by atoms with Crippen molar-refractivity contribution in [2.45, 2.75) is 33.2 Å². The molecule has 1 N–H and O–H groups in total. The van der Waals surface area contributed by atoms with Crippen LogP contribution in [-0.2, 0) is 11.3 Å². The number of hydrogen-bond acceptors (Lipinski definition) is 1. The molecule has 0 saturated carbocycles. The van der Waals surface area contributed by atoms with E-state index in [2.05, 4.69) is 11.5 Å². The summed E-state index contributed by atoms with van der Waals surface area (Å²) in [5, 5.41) is 10.6. The van der Waals surface area contributed by atoms with Crippen LogP contribution in [0.4, 0.5) is 0 Å². The van der Waals surface area contributed by atoms with Crippen molar-refractivity contribution in [2.75, 3.05) is 0 Å². The largest absolute Gasteiger partial charge is 0.478 e. The van der Waals surface area contributed by atoms with Gasteiger partial charge in [0.1, 0.15) is 5.15 Å². The van der Waals surface area contributed by atoms with E-state index in [1.807, 2.05) is 24.3 Å². The molecule has 0 fully saturated rings. The van der Waals surface area contributed by atoms with E-state index in [1.54, 1.807) is 13.0 Å². The second-order valence-corrected chi connectivity index (χ2v) is 5.22. The molecule has 1 heterocycles. The Morgan fingerprint density at radius 1 is 1.40 bits per heavy atom. The van der Waals surface area contributed by atoms with Gasteiger partial charge in [-0.2, -0.15) is 0 Å². The molecule has 0 spiro atoms. The molecule has 4 heteroatoms. The molecule has 0 bridgehead atoms. The van der Waals surface area contributed by atoms with Crippen LogP contribution in [0.2, 0.25) is 5.15 Å². The molecule has 3 nitrogen and oxygen atoms in total. The SMILES string of the molecule is CCCCn1c(Cl)c(/C=C(\C)C(=O)O)c2ccccc21. The first kappa shape index (κ1) is 14.7. The number of aryl methyl sites for hydroxylation is 1. The Balaban J connectivity index is 2.62. The van der Waals surface area contributed by atoms with E-state index in [-0.39, 0.29) is 5.57 Å². The zero-order valence-electron chi connectivity index (χ0n) is 11.7. The monoisotopic (exact) mass is 291 g/mol. The number of aliphatic carboxylic acids is 1. The summed E-state index contributed by atoms with van der Waals surface area (Å²) in [5.74, 6) is -0.925. The number of halogens is 1. The Kier molecular flexibility index (Phi) is 4.50. The van der Waals surface area contributed by atoms with Gasteiger partial charge in [0.05, 0.1) is 0 Å². The lowest BCUT2D eigenvalue weighted by Gasteiger charge is -2.05. The summed E-state index contributed by atoms with van der Waals surface area (Å²) in [7, 11) is 0. The third-order valence-corrected chi connectivity index (χ3v) is 3.79. The molecule has 0 amide bonds. The number of para-hydroxylation sites is 1. The van der Waals surface area contributed by atoms with Crippen molar-refractivity contribution < 1.29 is 9.90 Å². The number of carboxylic acids is 1. The van der Waals surface area contributed by atoms with Crippen molar-refractivity contribution >= 4 is 34.5 Å². The summed E-state index contributed by atoms with van der Waals surface area (Å²) in [6, 6.07) is 7.91. The van der Waals surface area contributed by atoms with E-state index < -0.39 is 5.97 Å². The molecule has 1 aromatic carbocycles. The first-order valence-corrected chi connectivity index (χ1v) is 7.12. The lowest BCUT2D eigenvalue weighted by molar-refractivity contribution is -0.132.